The van der Waals surface area contributed by atoms with Crippen molar-refractivity contribution < 1.29 is 4.39 Å². The van der Waals surface area contributed by atoms with Crippen molar-refractivity contribution in [3.63, 3.8) is 0 Å². The molecule has 1 atom stereocenters. The number of benzene rings is 1. The van der Waals surface area contributed by atoms with Gasteiger partial charge in [0.05, 0.1) is 0 Å². The minimum Gasteiger partial charge on any atom is -0.374 e. The van der Waals surface area contributed by atoms with Crippen LogP contribution in [0.4, 0.5) is 10.1 Å². The van der Waals surface area contributed by atoms with E-state index in [1.807, 2.05) is 13.0 Å². The van der Waals surface area contributed by atoms with Crippen molar-refractivity contribution in [2.45, 2.75) is 51.5 Å². The second-order valence-electron chi connectivity index (χ2n) is 6.34. The molecule has 1 aromatic rings. The Morgan fingerprint density at radius 1 is 1.30 bits per heavy atom. The highest BCUT2D eigenvalue weighted by Crippen LogP contribution is 2.28. The summed E-state index contributed by atoms with van der Waals surface area (Å²) in [6.45, 7) is 3.04. The van der Waals surface area contributed by atoms with E-state index in [2.05, 4.69) is 11.9 Å². The zero-order valence-corrected chi connectivity index (χ0v) is 12.7. The topological polar surface area (TPSA) is 29.3 Å². The molecule has 3 heteroatoms. The number of rotatable bonds is 5. The molecule has 0 heterocycles. The zero-order valence-electron chi connectivity index (χ0n) is 12.7. The van der Waals surface area contributed by atoms with Gasteiger partial charge in [-0.05, 0) is 55.9 Å². The molecule has 0 bridgehead atoms. The van der Waals surface area contributed by atoms with E-state index >= 15 is 0 Å². The molecule has 2 nitrogen and oxygen atoms in total. The quantitative estimate of drug-likeness (QED) is 0.889. The normalized spacial score (nSPS) is 18.0. The highest BCUT2D eigenvalue weighted by Gasteiger charge is 2.17. The largest absolute Gasteiger partial charge is 0.374 e. The summed E-state index contributed by atoms with van der Waals surface area (Å²) in [6, 6.07) is 5.14. The third-order valence-electron chi connectivity index (χ3n) is 4.25. The van der Waals surface area contributed by atoms with Gasteiger partial charge in [-0.2, -0.15) is 0 Å². The molecular weight excluding hydrogens is 251 g/mol. The predicted octanol–water partition coefficient (Wildman–Crippen LogP) is 3.73. The van der Waals surface area contributed by atoms with Crippen LogP contribution in [0.15, 0.2) is 18.2 Å². The SMILES string of the molecule is CC(N)Cc1cc(F)ccc1N(C)CC1CCCCC1. The molecule has 0 aromatic heterocycles. The lowest BCUT2D eigenvalue weighted by Crippen LogP contribution is -2.28. The molecule has 0 amide bonds. The van der Waals surface area contributed by atoms with E-state index in [0.29, 0.717) is 0 Å². The van der Waals surface area contributed by atoms with Crippen LogP contribution in [-0.2, 0) is 6.42 Å². The Labute approximate surface area is 122 Å². The molecule has 20 heavy (non-hydrogen) atoms. The van der Waals surface area contributed by atoms with Crippen molar-refractivity contribution in [1.82, 2.24) is 0 Å². The van der Waals surface area contributed by atoms with Gasteiger partial charge >= 0.3 is 0 Å². The van der Waals surface area contributed by atoms with Gasteiger partial charge in [-0.25, -0.2) is 4.39 Å². The fourth-order valence-corrected chi connectivity index (χ4v) is 3.29. The molecule has 1 aliphatic carbocycles. The van der Waals surface area contributed by atoms with Crippen LogP contribution in [0.3, 0.4) is 0 Å². The second-order valence-corrected chi connectivity index (χ2v) is 6.34. The molecule has 0 spiro atoms. The molecule has 0 saturated heterocycles. The molecule has 2 rings (SSSR count). The van der Waals surface area contributed by atoms with E-state index in [4.69, 9.17) is 5.73 Å². The molecule has 1 aromatic carbocycles. The fourth-order valence-electron chi connectivity index (χ4n) is 3.29. The Hall–Kier alpha value is -1.09. The zero-order chi connectivity index (χ0) is 14.5. The third kappa shape index (κ3) is 4.20. The number of hydrogen-bond acceptors (Lipinski definition) is 2. The first kappa shape index (κ1) is 15.3. The van der Waals surface area contributed by atoms with Crippen LogP contribution in [0.2, 0.25) is 0 Å². The Kier molecular flexibility index (Phi) is 5.41. The van der Waals surface area contributed by atoms with Crippen LogP contribution in [0.1, 0.15) is 44.6 Å². The van der Waals surface area contributed by atoms with E-state index in [9.17, 15) is 4.39 Å². The van der Waals surface area contributed by atoms with E-state index in [0.717, 1.165) is 30.1 Å². The molecule has 1 aliphatic rings. The number of nitrogens with zero attached hydrogens (tertiary/aromatic N) is 1. The lowest BCUT2D eigenvalue weighted by atomic mass is 9.89. The van der Waals surface area contributed by atoms with Gasteiger partial charge in [-0.1, -0.05) is 19.3 Å². The first-order valence-corrected chi connectivity index (χ1v) is 7.81. The van der Waals surface area contributed by atoms with Crippen LogP contribution in [0, 0.1) is 11.7 Å². The average Bonchev–Trinajstić information content (AvgIpc) is 2.39. The van der Waals surface area contributed by atoms with Crippen molar-refractivity contribution in [2.75, 3.05) is 18.5 Å². The van der Waals surface area contributed by atoms with Gasteiger partial charge in [0, 0.05) is 25.3 Å². The molecule has 0 radical (unpaired) electrons. The first-order chi connectivity index (χ1) is 9.56. The lowest BCUT2D eigenvalue weighted by molar-refractivity contribution is 0.362. The Morgan fingerprint density at radius 2 is 2.00 bits per heavy atom. The maximum atomic E-state index is 13.5. The van der Waals surface area contributed by atoms with E-state index in [-0.39, 0.29) is 11.9 Å². The Balaban J connectivity index is 2.09. The van der Waals surface area contributed by atoms with Crippen molar-refractivity contribution in [2.24, 2.45) is 11.7 Å². The van der Waals surface area contributed by atoms with Gasteiger partial charge in [-0.15, -0.1) is 0 Å². The average molecular weight is 278 g/mol. The molecule has 112 valence electrons. The summed E-state index contributed by atoms with van der Waals surface area (Å²) in [7, 11) is 2.12. The van der Waals surface area contributed by atoms with Gasteiger partial charge in [0.25, 0.3) is 0 Å². The van der Waals surface area contributed by atoms with Gasteiger partial charge in [0.2, 0.25) is 0 Å². The Bertz CT molecular complexity index is 425. The highest BCUT2D eigenvalue weighted by molar-refractivity contribution is 5.53. The third-order valence-corrected chi connectivity index (χ3v) is 4.25. The van der Waals surface area contributed by atoms with Gasteiger partial charge in [0.15, 0.2) is 0 Å². The molecule has 1 unspecified atom stereocenters. The van der Waals surface area contributed by atoms with Crippen LogP contribution < -0.4 is 10.6 Å². The fraction of sp³-hybridized carbons (Fsp3) is 0.647. The summed E-state index contributed by atoms with van der Waals surface area (Å²) in [4.78, 5) is 2.28. The van der Waals surface area contributed by atoms with Crippen LogP contribution in [-0.4, -0.2) is 19.6 Å². The predicted molar refractivity (Wildman–Crippen MR) is 83.6 cm³/mol. The number of nitrogens with two attached hydrogens (primary N) is 1. The van der Waals surface area contributed by atoms with Gasteiger partial charge in [0.1, 0.15) is 5.82 Å². The molecule has 1 saturated carbocycles. The summed E-state index contributed by atoms with van der Waals surface area (Å²) < 4.78 is 13.5. The van der Waals surface area contributed by atoms with Crippen molar-refractivity contribution >= 4 is 5.69 Å². The second kappa shape index (κ2) is 7.07. The van der Waals surface area contributed by atoms with Crippen LogP contribution >= 0.6 is 0 Å². The maximum Gasteiger partial charge on any atom is 0.123 e. The summed E-state index contributed by atoms with van der Waals surface area (Å²) >= 11 is 0. The minimum atomic E-state index is -0.171. The molecule has 1 fully saturated rings. The molecule has 0 aliphatic heterocycles. The van der Waals surface area contributed by atoms with E-state index in [1.54, 1.807) is 12.1 Å². The van der Waals surface area contributed by atoms with E-state index < -0.39 is 0 Å². The number of hydrogen-bond donors (Lipinski definition) is 1. The number of anilines is 1. The van der Waals surface area contributed by atoms with Crippen LogP contribution in [0.25, 0.3) is 0 Å². The lowest BCUT2D eigenvalue weighted by Gasteiger charge is -2.30. The Morgan fingerprint density at radius 3 is 2.65 bits per heavy atom. The summed E-state index contributed by atoms with van der Waals surface area (Å²) in [5, 5.41) is 0. The maximum absolute atomic E-state index is 13.5. The summed E-state index contributed by atoms with van der Waals surface area (Å²) in [6.07, 6.45) is 7.47. The van der Waals surface area contributed by atoms with Crippen molar-refractivity contribution in [3.05, 3.63) is 29.6 Å². The standard InChI is InChI=1S/C17H27FN2/c1-13(19)10-15-11-16(18)8-9-17(15)20(2)12-14-6-4-3-5-7-14/h8-9,11,13-14H,3-7,10,12,19H2,1-2H3. The number of halogens is 1. The smallest absolute Gasteiger partial charge is 0.123 e. The van der Waals surface area contributed by atoms with Gasteiger partial charge < -0.3 is 10.6 Å². The summed E-state index contributed by atoms with van der Waals surface area (Å²) in [5.41, 5.74) is 8.05. The molecular formula is C17H27FN2. The first-order valence-electron chi connectivity index (χ1n) is 7.81. The monoisotopic (exact) mass is 278 g/mol. The van der Waals surface area contributed by atoms with E-state index in [1.165, 1.54) is 32.1 Å². The van der Waals surface area contributed by atoms with Crippen molar-refractivity contribution in [1.29, 1.82) is 0 Å². The van der Waals surface area contributed by atoms with Gasteiger partial charge in [-0.3, -0.25) is 0 Å². The molecule has 2 N–H and O–H groups in total. The summed E-state index contributed by atoms with van der Waals surface area (Å²) in [5.74, 6) is 0.609. The highest BCUT2D eigenvalue weighted by atomic mass is 19.1. The van der Waals surface area contributed by atoms with Crippen molar-refractivity contribution in [3.8, 4) is 0 Å². The minimum absolute atomic E-state index is 0.0543. The van der Waals surface area contributed by atoms with Crippen LogP contribution in [0.5, 0.6) is 0 Å².